The van der Waals surface area contributed by atoms with Gasteiger partial charge in [-0.25, -0.2) is 0 Å². The number of hydrogen-bond acceptors (Lipinski definition) is 3. The highest BCUT2D eigenvalue weighted by Crippen LogP contribution is 2.13. The Hall–Kier alpha value is -0.670. The van der Waals surface area contributed by atoms with Crippen molar-refractivity contribution in [1.82, 2.24) is 4.90 Å². The molecule has 0 atom stereocenters. The predicted molar refractivity (Wildman–Crippen MR) is 63.5 cm³/mol. The van der Waals surface area contributed by atoms with Crippen molar-refractivity contribution in [3.63, 3.8) is 0 Å². The summed E-state index contributed by atoms with van der Waals surface area (Å²) in [5.41, 5.74) is 7.86. The van der Waals surface area contributed by atoms with E-state index in [2.05, 4.69) is 28.8 Å². The fourth-order valence-electron chi connectivity index (χ4n) is 1.64. The van der Waals surface area contributed by atoms with E-state index in [1.54, 1.807) is 0 Å². The van der Waals surface area contributed by atoms with Crippen LogP contribution in [-0.2, 0) is 6.54 Å². The standard InChI is InChI=1S/C11H16N2S/c12-11-3-1-10(2-4-11)9-13-5-7-14-8-6-13/h1-4H,5-9,12H2. The minimum atomic E-state index is 0.850. The lowest BCUT2D eigenvalue weighted by atomic mass is 10.2. The normalized spacial score (nSPS) is 18.3. The number of nitrogens with zero attached hydrogens (tertiary/aromatic N) is 1. The zero-order valence-electron chi connectivity index (χ0n) is 8.28. The van der Waals surface area contributed by atoms with Gasteiger partial charge in [0.05, 0.1) is 0 Å². The highest BCUT2D eigenvalue weighted by Gasteiger charge is 2.09. The lowest BCUT2D eigenvalue weighted by molar-refractivity contribution is 0.294. The van der Waals surface area contributed by atoms with E-state index in [-0.39, 0.29) is 0 Å². The number of nitrogens with two attached hydrogens (primary N) is 1. The molecule has 0 aromatic heterocycles. The predicted octanol–water partition coefficient (Wildman–Crippen LogP) is 1.82. The van der Waals surface area contributed by atoms with E-state index < -0.39 is 0 Å². The number of benzene rings is 1. The number of rotatable bonds is 2. The Kier molecular flexibility index (Phi) is 3.32. The van der Waals surface area contributed by atoms with Crippen LogP contribution in [0.2, 0.25) is 0 Å². The van der Waals surface area contributed by atoms with Crippen molar-refractivity contribution in [3.05, 3.63) is 29.8 Å². The monoisotopic (exact) mass is 208 g/mol. The van der Waals surface area contributed by atoms with Gasteiger partial charge in [-0.15, -0.1) is 0 Å². The molecule has 1 aliphatic heterocycles. The van der Waals surface area contributed by atoms with Crippen LogP contribution < -0.4 is 5.73 Å². The second kappa shape index (κ2) is 4.71. The largest absolute Gasteiger partial charge is 0.399 e. The van der Waals surface area contributed by atoms with Crippen LogP contribution in [-0.4, -0.2) is 29.5 Å². The molecule has 76 valence electrons. The highest BCUT2D eigenvalue weighted by atomic mass is 32.2. The summed E-state index contributed by atoms with van der Waals surface area (Å²) in [6.07, 6.45) is 0. The van der Waals surface area contributed by atoms with E-state index in [9.17, 15) is 0 Å². The van der Waals surface area contributed by atoms with Crippen molar-refractivity contribution in [2.24, 2.45) is 0 Å². The van der Waals surface area contributed by atoms with Crippen molar-refractivity contribution in [1.29, 1.82) is 0 Å². The van der Waals surface area contributed by atoms with Crippen molar-refractivity contribution in [2.45, 2.75) is 6.54 Å². The number of nitrogen functional groups attached to an aromatic ring is 1. The third-order valence-electron chi connectivity index (χ3n) is 2.49. The van der Waals surface area contributed by atoms with Crippen LogP contribution in [0.25, 0.3) is 0 Å². The molecule has 0 bridgehead atoms. The van der Waals surface area contributed by atoms with Crippen molar-refractivity contribution < 1.29 is 0 Å². The van der Waals surface area contributed by atoms with E-state index in [1.807, 2.05) is 12.1 Å². The summed E-state index contributed by atoms with van der Waals surface area (Å²) >= 11 is 2.05. The summed E-state index contributed by atoms with van der Waals surface area (Å²) in [5, 5.41) is 0. The van der Waals surface area contributed by atoms with Gasteiger partial charge < -0.3 is 5.73 Å². The first-order chi connectivity index (χ1) is 6.84. The molecule has 2 rings (SSSR count). The smallest absolute Gasteiger partial charge is 0.0314 e. The molecule has 1 aromatic carbocycles. The fraction of sp³-hybridized carbons (Fsp3) is 0.455. The molecular formula is C11H16N2S. The van der Waals surface area contributed by atoms with Gasteiger partial charge in [-0.05, 0) is 17.7 Å². The Bertz CT molecular complexity index is 278. The van der Waals surface area contributed by atoms with E-state index >= 15 is 0 Å². The maximum Gasteiger partial charge on any atom is 0.0314 e. The Balaban J connectivity index is 1.92. The summed E-state index contributed by atoms with van der Waals surface area (Å²) < 4.78 is 0. The summed E-state index contributed by atoms with van der Waals surface area (Å²) in [6.45, 7) is 3.50. The average Bonchev–Trinajstić information content (AvgIpc) is 2.23. The molecule has 1 aromatic rings. The average molecular weight is 208 g/mol. The van der Waals surface area contributed by atoms with Gasteiger partial charge in [0.1, 0.15) is 0 Å². The molecule has 0 amide bonds. The first-order valence-electron chi connectivity index (χ1n) is 4.99. The van der Waals surface area contributed by atoms with Crippen molar-refractivity contribution in [2.75, 3.05) is 30.3 Å². The highest BCUT2D eigenvalue weighted by molar-refractivity contribution is 7.99. The number of hydrogen-bond donors (Lipinski definition) is 1. The maximum absolute atomic E-state index is 5.64. The lowest BCUT2D eigenvalue weighted by Gasteiger charge is -2.26. The van der Waals surface area contributed by atoms with Crippen LogP contribution in [0.3, 0.4) is 0 Å². The van der Waals surface area contributed by atoms with E-state index in [0.29, 0.717) is 0 Å². The molecule has 3 heteroatoms. The molecule has 0 aliphatic carbocycles. The van der Waals surface area contributed by atoms with Crippen LogP contribution in [0.1, 0.15) is 5.56 Å². The van der Waals surface area contributed by atoms with Crippen LogP contribution in [0.4, 0.5) is 5.69 Å². The quantitative estimate of drug-likeness (QED) is 0.752. The van der Waals surface area contributed by atoms with Crippen molar-refractivity contribution in [3.8, 4) is 0 Å². The third kappa shape index (κ3) is 2.66. The Morgan fingerprint density at radius 2 is 1.79 bits per heavy atom. The Morgan fingerprint density at radius 1 is 1.14 bits per heavy atom. The van der Waals surface area contributed by atoms with Gasteiger partial charge in [0.15, 0.2) is 0 Å². The zero-order chi connectivity index (χ0) is 9.80. The van der Waals surface area contributed by atoms with E-state index in [0.717, 1.165) is 12.2 Å². The van der Waals surface area contributed by atoms with Gasteiger partial charge in [-0.3, -0.25) is 4.90 Å². The van der Waals surface area contributed by atoms with E-state index in [4.69, 9.17) is 5.73 Å². The van der Waals surface area contributed by atoms with Crippen LogP contribution in [0.5, 0.6) is 0 Å². The molecule has 1 heterocycles. The maximum atomic E-state index is 5.64. The Morgan fingerprint density at radius 3 is 2.43 bits per heavy atom. The van der Waals surface area contributed by atoms with Gasteiger partial charge in [-0.2, -0.15) is 11.8 Å². The molecule has 1 aliphatic rings. The van der Waals surface area contributed by atoms with Crippen LogP contribution in [0.15, 0.2) is 24.3 Å². The minimum absolute atomic E-state index is 0.850. The molecule has 1 fully saturated rings. The molecule has 0 unspecified atom stereocenters. The third-order valence-corrected chi connectivity index (χ3v) is 3.43. The second-order valence-corrected chi connectivity index (χ2v) is 4.85. The summed E-state index contributed by atoms with van der Waals surface area (Å²) in [6, 6.07) is 8.20. The molecule has 0 radical (unpaired) electrons. The zero-order valence-corrected chi connectivity index (χ0v) is 9.09. The van der Waals surface area contributed by atoms with E-state index in [1.165, 1.54) is 30.2 Å². The minimum Gasteiger partial charge on any atom is -0.399 e. The molecule has 0 saturated carbocycles. The Labute approximate surface area is 89.5 Å². The molecule has 2 nitrogen and oxygen atoms in total. The van der Waals surface area contributed by atoms with Gasteiger partial charge >= 0.3 is 0 Å². The topological polar surface area (TPSA) is 29.3 Å². The number of thioether (sulfide) groups is 1. The van der Waals surface area contributed by atoms with Gasteiger partial charge in [0.25, 0.3) is 0 Å². The van der Waals surface area contributed by atoms with Gasteiger partial charge in [0, 0.05) is 36.8 Å². The van der Waals surface area contributed by atoms with Crippen molar-refractivity contribution >= 4 is 17.4 Å². The summed E-state index contributed by atoms with van der Waals surface area (Å²) in [7, 11) is 0. The molecular weight excluding hydrogens is 192 g/mol. The lowest BCUT2D eigenvalue weighted by Crippen LogP contribution is -2.31. The SMILES string of the molecule is Nc1ccc(CN2CCSCC2)cc1. The number of anilines is 1. The first-order valence-corrected chi connectivity index (χ1v) is 6.14. The first kappa shape index (κ1) is 9.87. The fourth-order valence-corrected chi connectivity index (χ4v) is 2.62. The summed E-state index contributed by atoms with van der Waals surface area (Å²) in [5.74, 6) is 2.55. The molecule has 0 spiro atoms. The van der Waals surface area contributed by atoms with Gasteiger partial charge in [-0.1, -0.05) is 12.1 Å². The van der Waals surface area contributed by atoms with Gasteiger partial charge in [0.2, 0.25) is 0 Å². The second-order valence-electron chi connectivity index (χ2n) is 3.63. The molecule has 14 heavy (non-hydrogen) atoms. The molecule has 2 N–H and O–H groups in total. The van der Waals surface area contributed by atoms with Crippen LogP contribution >= 0.6 is 11.8 Å². The van der Waals surface area contributed by atoms with Crippen LogP contribution in [0, 0.1) is 0 Å². The summed E-state index contributed by atoms with van der Waals surface area (Å²) in [4.78, 5) is 2.50. The molecule has 1 saturated heterocycles.